The van der Waals surface area contributed by atoms with Crippen molar-refractivity contribution in [2.75, 3.05) is 24.0 Å². The summed E-state index contributed by atoms with van der Waals surface area (Å²) in [6.45, 7) is 5.27. The molecule has 3 rings (SSSR count). The van der Waals surface area contributed by atoms with E-state index in [0.29, 0.717) is 34.7 Å². The minimum absolute atomic E-state index is 0.198. The van der Waals surface area contributed by atoms with Gasteiger partial charge in [0.05, 0.1) is 0 Å². The van der Waals surface area contributed by atoms with Crippen molar-refractivity contribution in [3.05, 3.63) is 36.2 Å². The van der Waals surface area contributed by atoms with Crippen LogP contribution in [0, 0.1) is 5.92 Å². The van der Waals surface area contributed by atoms with Crippen LogP contribution in [0.5, 0.6) is 11.5 Å². The summed E-state index contributed by atoms with van der Waals surface area (Å²) in [5.74, 6) is 2.03. The number of hydrogen-bond acceptors (Lipinski definition) is 6. The third kappa shape index (κ3) is 3.92. The van der Waals surface area contributed by atoms with Gasteiger partial charge in [-0.2, -0.15) is 0 Å². The third-order valence-electron chi connectivity index (χ3n) is 3.52. The van der Waals surface area contributed by atoms with Gasteiger partial charge in [0.15, 0.2) is 11.5 Å². The fourth-order valence-corrected chi connectivity index (χ4v) is 2.21. The second-order valence-electron chi connectivity index (χ2n) is 5.90. The first-order chi connectivity index (χ1) is 11.6. The Hall–Kier alpha value is -2.83. The molecule has 0 bridgehead atoms. The molecular formula is C17H20N4O3. The monoisotopic (exact) mass is 328 g/mol. The highest BCUT2D eigenvalue weighted by molar-refractivity contribution is 6.03. The summed E-state index contributed by atoms with van der Waals surface area (Å²) in [5, 5.41) is 5.93. The summed E-state index contributed by atoms with van der Waals surface area (Å²) in [7, 11) is 0. The Morgan fingerprint density at radius 3 is 2.92 bits per heavy atom. The molecule has 126 valence electrons. The van der Waals surface area contributed by atoms with Crippen molar-refractivity contribution in [1.82, 2.24) is 9.97 Å². The summed E-state index contributed by atoms with van der Waals surface area (Å²) in [6.07, 6.45) is 2.58. The van der Waals surface area contributed by atoms with E-state index in [4.69, 9.17) is 9.47 Å². The first-order valence-electron chi connectivity index (χ1n) is 7.90. The van der Waals surface area contributed by atoms with Crippen molar-refractivity contribution in [2.24, 2.45) is 5.92 Å². The second-order valence-corrected chi connectivity index (χ2v) is 5.90. The normalized spacial score (nSPS) is 12.3. The number of rotatable bonds is 6. The number of amides is 1. The van der Waals surface area contributed by atoms with E-state index in [-0.39, 0.29) is 12.7 Å². The molecular weight excluding hydrogens is 308 g/mol. The Bertz CT molecular complexity index is 734. The summed E-state index contributed by atoms with van der Waals surface area (Å²) in [5.41, 5.74) is 0.923. The largest absolute Gasteiger partial charge is 0.454 e. The first kappa shape index (κ1) is 16.0. The average molecular weight is 328 g/mol. The number of ether oxygens (including phenoxy) is 2. The highest BCUT2D eigenvalue weighted by atomic mass is 16.7. The van der Waals surface area contributed by atoms with Gasteiger partial charge in [-0.1, -0.05) is 13.8 Å². The average Bonchev–Trinajstić information content (AvgIpc) is 3.02. The number of nitrogens with zero attached hydrogens (tertiary/aromatic N) is 2. The molecule has 1 aromatic carbocycles. The lowest BCUT2D eigenvalue weighted by Crippen LogP contribution is -2.16. The summed E-state index contributed by atoms with van der Waals surface area (Å²) in [6, 6.07) is 6.82. The van der Waals surface area contributed by atoms with Gasteiger partial charge in [-0.3, -0.25) is 4.79 Å². The summed E-state index contributed by atoms with van der Waals surface area (Å²) >= 11 is 0. The molecule has 0 saturated heterocycles. The van der Waals surface area contributed by atoms with E-state index in [2.05, 4.69) is 34.4 Å². The van der Waals surface area contributed by atoms with E-state index in [1.165, 1.54) is 0 Å². The lowest BCUT2D eigenvalue weighted by molar-refractivity contribution is 0.102. The standard InChI is InChI=1S/C17H20N4O3/c1-11(2)5-7-18-17-19-8-6-13(21-17)16(22)20-12-3-4-14-15(9-12)24-10-23-14/h3-4,6,8-9,11H,5,7,10H2,1-2H3,(H,20,22)(H,18,19,21). The number of benzene rings is 1. The molecule has 1 amide bonds. The van der Waals surface area contributed by atoms with E-state index in [1.807, 2.05) is 0 Å². The van der Waals surface area contributed by atoms with Crippen molar-refractivity contribution < 1.29 is 14.3 Å². The Labute approximate surface area is 140 Å². The highest BCUT2D eigenvalue weighted by Gasteiger charge is 2.15. The van der Waals surface area contributed by atoms with Gasteiger partial charge in [-0.15, -0.1) is 0 Å². The van der Waals surface area contributed by atoms with Crippen LogP contribution in [-0.4, -0.2) is 29.2 Å². The lowest BCUT2D eigenvalue weighted by Gasteiger charge is -2.09. The molecule has 0 atom stereocenters. The molecule has 1 aromatic heterocycles. The topological polar surface area (TPSA) is 85.4 Å². The SMILES string of the molecule is CC(C)CCNc1nccc(C(=O)Nc2ccc3c(c2)OCO3)n1. The van der Waals surface area contributed by atoms with Crippen LogP contribution >= 0.6 is 0 Å². The van der Waals surface area contributed by atoms with Gasteiger partial charge in [-0.05, 0) is 30.5 Å². The summed E-state index contributed by atoms with van der Waals surface area (Å²) in [4.78, 5) is 20.7. The number of nitrogens with one attached hydrogen (secondary N) is 2. The molecule has 0 aliphatic carbocycles. The quantitative estimate of drug-likeness (QED) is 0.848. The zero-order chi connectivity index (χ0) is 16.9. The Morgan fingerprint density at radius 1 is 1.25 bits per heavy atom. The molecule has 2 N–H and O–H groups in total. The Kier molecular flexibility index (Phi) is 4.79. The third-order valence-corrected chi connectivity index (χ3v) is 3.52. The van der Waals surface area contributed by atoms with Crippen LogP contribution in [0.15, 0.2) is 30.5 Å². The number of aromatic nitrogens is 2. The molecule has 1 aliphatic rings. The number of carbonyl (C=O) groups excluding carboxylic acids is 1. The number of fused-ring (bicyclic) bond motifs is 1. The lowest BCUT2D eigenvalue weighted by atomic mass is 10.1. The fraction of sp³-hybridized carbons (Fsp3) is 0.353. The zero-order valence-corrected chi connectivity index (χ0v) is 13.7. The van der Waals surface area contributed by atoms with Gasteiger partial charge < -0.3 is 20.1 Å². The fourth-order valence-electron chi connectivity index (χ4n) is 2.21. The molecule has 1 aliphatic heterocycles. The predicted octanol–water partition coefficient (Wildman–Crippen LogP) is 2.92. The Morgan fingerprint density at radius 2 is 2.08 bits per heavy atom. The molecule has 2 aromatic rings. The maximum atomic E-state index is 12.3. The van der Waals surface area contributed by atoms with E-state index >= 15 is 0 Å². The van der Waals surface area contributed by atoms with Crippen LogP contribution in [0.25, 0.3) is 0 Å². The molecule has 7 nitrogen and oxygen atoms in total. The van der Waals surface area contributed by atoms with E-state index < -0.39 is 0 Å². The van der Waals surface area contributed by atoms with Crippen molar-refractivity contribution >= 4 is 17.5 Å². The number of hydrogen-bond donors (Lipinski definition) is 2. The van der Waals surface area contributed by atoms with Crippen molar-refractivity contribution in [3.8, 4) is 11.5 Å². The van der Waals surface area contributed by atoms with Crippen LogP contribution in [0.2, 0.25) is 0 Å². The van der Waals surface area contributed by atoms with E-state index in [9.17, 15) is 4.79 Å². The van der Waals surface area contributed by atoms with E-state index in [1.54, 1.807) is 30.5 Å². The molecule has 7 heteroatoms. The van der Waals surface area contributed by atoms with Crippen LogP contribution in [0.3, 0.4) is 0 Å². The van der Waals surface area contributed by atoms with E-state index in [0.717, 1.165) is 13.0 Å². The molecule has 0 radical (unpaired) electrons. The molecule has 0 fully saturated rings. The maximum absolute atomic E-state index is 12.3. The molecule has 0 saturated carbocycles. The van der Waals surface area contributed by atoms with Gasteiger partial charge in [0.1, 0.15) is 5.69 Å². The van der Waals surface area contributed by atoms with Gasteiger partial charge in [0.25, 0.3) is 5.91 Å². The minimum Gasteiger partial charge on any atom is -0.454 e. The van der Waals surface area contributed by atoms with Gasteiger partial charge in [0.2, 0.25) is 12.7 Å². The number of anilines is 2. The van der Waals surface area contributed by atoms with Crippen LogP contribution in [0.1, 0.15) is 30.8 Å². The molecule has 2 heterocycles. The number of carbonyl (C=O) groups is 1. The van der Waals surface area contributed by atoms with Crippen LogP contribution < -0.4 is 20.1 Å². The smallest absolute Gasteiger partial charge is 0.274 e. The highest BCUT2D eigenvalue weighted by Crippen LogP contribution is 2.34. The van der Waals surface area contributed by atoms with Gasteiger partial charge in [-0.25, -0.2) is 9.97 Å². The Balaban J connectivity index is 1.64. The van der Waals surface area contributed by atoms with Gasteiger partial charge in [0, 0.05) is 24.5 Å². The first-order valence-corrected chi connectivity index (χ1v) is 7.90. The maximum Gasteiger partial charge on any atom is 0.274 e. The minimum atomic E-state index is -0.303. The van der Waals surface area contributed by atoms with Gasteiger partial charge >= 0.3 is 0 Å². The molecule has 0 unspecified atom stereocenters. The second kappa shape index (κ2) is 7.16. The molecule has 0 spiro atoms. The van der Waals surface area contributed by atoms with Crippen molar-refractivity contribution in [2.45, 2.75) is 20.3 Å². The summed E-state index contributed by atoms with van der Waals surface area (Å²) < 4.78 is 10.5. The van der Waals surface area contributed by atoms with Crippen molar-refractivity contribution in [3.63, 3.8) is 0 Å². The van der Waals surface area contributed by atoms with Crippen LogP contribution in [-0.2, 0) is 0 Å². The zero-order valence-electron chi connectivity index (χ0n) is 13.7. The predicted molar refractivity (Wildman–Crippen MR) is 90.5 cm³/mol. The molecule has 24 heavy (non-hydrogen) atoms. The van der Waals surface area contributed by atoms with Crippen LogP contribution in [0.4, 0.5) is 11.6 Å². The van der Waals surface area contributed by atoms with Crippen molar-refractivity contribution in [1.29, 1.82) is 0 Å².